The summed E-state index contributed by atoms with van der Waals surface area (Å²) in [6, 6.07) is 7.11. The van der Waals surface area contributed by atoms with E-state index in [1.807, 2.05) is 12.1 Å². The first kappa shape index (κ1) is 16.8. The Bertz CT molecular complexity index is 544. The number of sulfone groups is 1. The highest BCUT2D eigenvalue weighted by atomic mass is 32.2. The molecule has 0 fully saturated rings. The fourth-order valence-corrected chi connectivity index (χ4v) is 3.71. The van der Waals surface area contributed by atoms with Gasteiger partial charge in [0.1, 0.15) is 9.84 Å². The summed E-state index contributed by atoms with van der Waals surface area (Å²) in [5.41, 5.74) is 6.90. The molecule has 0 aromatic heterocycles. The summed E-state index contributed by atoms with van der Waals surface area (Å²) in [4.78, 5) is 11.7. The minimum atomic E-state index is -2.89. The lowest BCUT2D eigenvalue weighted by atomic mass is 10.2. The smallest absolute Gasteiger partial charge is 0.224 e. The van der Waals surface area contributed by atoms with Crippen molar-refractivity contribution in [2.75, 3.05) is 34.6 Å². The lowest BCUT2D eigenvalue weighted by molar-refractivity contribution is -0.116. The summed E-state index contributed by atoms with van der Waals surface area (Å²) in [7, 11) is -2.89. The van der Waals surface area contributed by atoms with Crippen LogP contribution in [0.4, 0.5) is 11.4 Å². The molecule has 112 valence electrons. The number of thioether (sulfide) groups is 1. The molecule has 7 heteroatoms. The Labute approximate surface area is 124 Å². The number of carbonyl (C=O) groups excluding carboxylic acids is 1. The molecule has 0 radical (unpaired) electrons. The van der Waals surface area contributed by atoms with Crippen LogP contribution in [0.5, 0.6) is 0 Å². The summed E-state index contributed by atoms with van der Waals surface area (Å²) < 4.78 is 21.8. The van der Waals surface area contributed by atoms with Gasteiger partial charge in [0.15, 0.2) is 0 Å². The van der Waals surface area contributed by atoms with E-state index in [1.165, 1.54) is 6.26 Å². The lowest BCUT2D eigenvalue weighted by Gasteiger charge is -2.07. The molecule has 0 aliphatic rings. The third-order valence-corrected chi connectivity index (χ3v) is 4.80. The van der Waals surface area contributed by atoms with Gasteiger partial charge in [-0.25, -0.2) is 8.42 Å². The van der Waals surface area contributed by atoms with Gasteiger partial charge in [-0.3, -0.25) is 4.79 Å². The molecule has 1 amide bonds. The molecule has 0 heterocycles. The van der Waals surface area contributed by atoms with Gasteiger partial charge in [-0.1, -0.05) is 12.1 Å². The van der Waals surface area contributed by atoms with Crippen LogP contribution in [0.25, 0.3) is 0 Å². The van der Waals surface area contributed by atoms with E-state index < -0.39 is 9.84 Å². The minimum absolute atomic E-state index is 0.0772. The summed E-state index contributed by atoms with van der Waals surface area (Å²) in [5.74, 6) is 1.45. The molecule has 0 bridgehead atoms. The molecule has 0 atom stereocenters. The Balaban J connectivity index is 2.17. The van der Waals surface area contributed by atoms with Gasteiger partial charge in [-0.2, -0.15) is 11.8 Å². The minimum Gasteiger partial charge on any atom is -0.397 e. The zero-order chi connectivity index (χ0) is 15.0. The fourth-order valence-electron chi connectivity index (χ4n) is 1.47. The van der Waals surface area contributed by atoms with Crippen LogP contribution in [-0.4, -0.2) is 37.8 Å². The number of anilines is 2. The van der Waals surface area contributed by atoms with E-state index in [1.54, 1.807) is 23.9 Å². The number of hydrogen-bond donors (Lipinski definition) is 2. The second-order valence-corrected chi connectivity index (χ2v) is 7.97. The van der Waals surface area contributed by atoms with Gasteiger partial charge in [-0.15, -0.1) is 0 Å². The molecule has 0 saturated carbocycles. The van der Waals surface area contributed by atoms with Gasteiger partial charge < -0.3 is 11.1 Å². The first-order chi connectivity index (χ1) is 9.38. The Morgan fingerprint density at radius 3 is 2.65 bits per heavy atom. The molecular weight excluding hydrogens is 296 g/mol. The monoisotopic (exact) mass is 316 g/mol. The van der Waals surface area contributed by atoms with Crippen molar-refractivity contribution >= 4 is 38.9 Å². The molecule has 5 nitrogen and oxygen atoms in total. The second-order valence-electron chi connectivity index (χ2n) is 4.48. The maximum absolute atomic E-state index is 11.7. The van der Waals surface area contributed by atoms with Crippen molar-refractivity contribution in [2.24, 2.45) is 0 Å². The van der Waals surface area contributed by atoms with Crippen LogP contribution in [0.1, 0.15) is 12.8 Å². The van der Waals surface area contributed by atoms with Crippen LogP contribution < -0.4 is 11.1 Å². The molecule has 1 aromatic rings. The number of hydrogen-bond acceptors (Lipinski definition) is 5. The Morgan fingerprint density at radius 2 is 2.00 bits per heavy atom. The maximum atomic E-state index is 11.7. The quantitative estimate of drug-likeness (QED) is 0.563. The molecule has 0 aliphatic heterocycles. The van der Waals surface area contributed by atoms with Crippen molar-refractivity contribution in [1.82, 2.24) is 0 Å². The predicted molar refractivity (Wildman–Crippen MR) is 85.8 cm³/mol. The number of rotatable bonds is 8. The van der Waals surface area contributed by atoms with Crippen molar-refractivity contribution in [3.63, 3.8) is 0 Å². The van der Waals surface area contributed by atoms with Crippen molar-refractivity contribution in [1.29, 1.82) is 0 Å². The summed E-state index contributed by atoms with van der Waals surface area (Å²) in [6.07, 6.45) is 2.35. The Hall–Kier alpha value is -1.21. The van der Waals surface area contributed by atoms with E-state index in [0.717, 1.165) is 5.75 Å². The standard InChI is InChI=1S/C13H20N2O3S2/c1-20(17,18)10-9-19-8-4-7-13(16)15-12-6-3-2-5-11(12)14/h2-3,5-6H,4,7-10,14H2,1H3,(H,15,16). The van der Waals surface area contributed by atoms with E-state index in [4.69, 9.17) is 5.73 Å². The van der Waals surface area contributed by atoms with E-state index in [9.17, 15) is 13.2 Å². The normalized spacial score (nSPS) is 11.2. The zero-order valence-electron chi connectivity index (χ0n) is 11.5. The fraction of sp³-hybridized carbons (Fsp3) is 0.462. The van der Waals surface area contributed by atoms with Crippen molar-refractivity contribution in [2.45, 2.75) is 12.8 Å². The molecule has 0 unspecified atom stereocenters. The van der Waals surface area contributed by atoms with Gasteiger partial charge in [0, 0.05) is 18.4 Å². The third kappa shape index (κ3) is 7.40. The molecule has 1 rings (SSSR count). The van der Waals surface area contributed by atoms with Crippen LogP contribution >= 0.6 is 11.8 Å². The van der Waals surface area contributed by atoms with Gasteiger partial charge in [0.05, 0.1) is 17.1 Å². The average Bonchev–Trinajstić information content (AvgIpc) is 2.35. The van der Waals surface area contributed by atoms with Gasteiger partial charge in [-0.05, 0) is 24.3 Å². The van der Waals surface area contributed by atoms with Crippen molar-refractivity contribution in [3.05, 3.63) is 24.3 Å². The second kappa shape index (κ2) is 8.16. The van der Waals surface area contributed by atoms with Gasteiger partial charge in [0.2, 0.25) is 5.91 Å². The molecular formula is C13H20N2O3S2. The number of nitrogens with two attached hydrogens (primary N) is 1. The van der Waals surface area contributed by atoms with Crippen molar-refractivity contribution < 1.29 is 13.2 Å². The topological polar surface area (TPSA) is 89.3 Å². The lowest BCUT2D eigenvalue weighted by Crippen LogP contribution is -2.13. The molecule has 0 spiro atoms. The number of benzene rings is 1. The predicted octanol–water partition coefficient (Wildman–Crippen LogP) is 1.77. The number of para-hydroxylation sites is 2. The molecule has 3 N–H and O–H groups in total. The van der Waals surface area contributed by atoms with Crippen LogP contribution in [0.15, 0.2) is 24.3 Å². The summed E-state index contributed by atoms with van der Waals surface area (Å²) in [5, 5.41) is 2.76. The van der Waals surface area contributed by atoms with E-state index in [2.05, 4.69) is 5.32 Å². The SMILES string of the molecule is CS(=O)(=O)CCSCCCC(=O)Nc1ccccc1N. The number of nitrogen functional groups attached to an aromatic ring is 1. The number of nitrogens with one attached hydrogen (secondary N) is 1. The molecule has 1 aromatic carbocycles. The highest BCUT2D eigenvalue weighted by Crippen LogP contribution is 2.17. The molecule has 20 heavy (non-hydrogen) atoms. The van der Waals surface area contributed by atoms with Crippen LogP contribution in [-0.2, 0) is 14.6 Å². The summed E-state index contributed by atoms with van der Waals surface area (Å²) in [6.45, 7) is 0. The highest BCUT2D eigenvalue weighted by molar-refractivity contribution is 8.00. The van der Waals surface area contributed by atoms with E-state index in [0.29, 0.717) is 30.0 Å². The van der Waals surface area contributed by atoms with Crippen LogP contribution in [0.2, 0.25) is 0 Å². The Kier molecular flexibility index (Phi) is 6.87. The van der Waals surface area contributed by atoms with Gasteiger partial charge >= 0.3 is 0 Å². The Morgan fingerprint density at radius 1 is 1.30 bits per heavy atom. The first-order valence-electron chi connectivity index (χ1n) is 6.28. The third-order valence-electron chi connectivity index (χ3n) is 2.53. The number of amides is 1. The highest BCUT2D eigenvalue weighted by Gasteiger charge is 2.05. The van der Waals surface area contributed by atoms with Crippen molar-refractivity contribution in [3.8, 4) is 0 Å². The largest absolute Gasteiger partial charge is 0.397 e. The van der Waals surface area contributed by atoms with E-state index in [-0.39, 0.29) is 11.7 Å². The first-order valence-corrected chi connectivity index (χ1v) is 9.50. The van der Waals surface area contributed by atoms with E-state index >= 15 is 0 Å². The van der Waals surface area contributed by atoms with Crippen LogP contribution in [0, 0.1) is 0 Å². The molecule has 0 aliphatic carbocycles. The van der Waals surface area contributed by atoms with Gasteiger partial charge in [0.25, 0.3) is 0 Å². The number of carbonyl (C=O) groups is 1. The van der Waals surface area contributed by atoms with Crippen LogP contribution in [0.3, 0.4) is 0 Å². The zero-order valence-corrected chi connectivity index (χ0v) is 13.1. The average molecular weight is 316 g/mol. The molecule has 0 saturated heterocycles. The summed E-state index contributed by atoms with van der Waals surface area (Å²) >= 11 is 1.55. The maximum Gasteiger partial charge on any atom is 0.224 e.